The number of aryl methyl sites for hydroxylation is 2. The number of ether oxygens (including phenoxy) is 1. The summed E-state index contributed by atoms with van der Waals surface area (Å²) < 4.78 is 5.17. The van der Waals surface area contributed by atoms with E-state index >= 15 is 0 Å². The second-order valence-corrected chi connectivity index (χ2v) is 6.91. The molecule has 1 aromatic carbocycles. The van der Waals surface area contributed by atoms with Crippen molar-refractivity contribution in [2.24, 2.45) is 0 Å². The first-order chi connectivity index (χ1) is 12.6. The fourth-order valence-electron chi connectivity index (χ4n) is 3.10. The number of hydrogen-bond donors (Lipinski definition) is 1. The lowest BCUT2D eigenvalue weighted by atomic mass is 9.93. The number of rotatable bonds is 7. The van der Waals surface area contributed by atoms with Crippen molar-refractivity contribution in [1.82, 2.24) is 10.2 Å². The molecule has 3 amide bonds. The highest BCUT2D eigenvalue weighted by Crippen LogP contribution is 2.24. The van der Waals surface area contributed by atoms with Gasteiger partial charge in [-0.25, -0.2) is 4.79 Å². The Morgan fingerprint density at radius 1 is 1.15 bits per heavy atom. The first-order valence-electron chi connectivity index (χ1n) is 9.10. The van der Waals surface area contributed by atoms with Crippen LogP contribution in [0.4, 0.5) is 4.79 Å². The van der Waals surface area contributed by atoms with Crippen LogP contribution in [0.2, 0.25) is 0 Å². The molecule has 0 aromatic heterocycles. The Bertz CT molecular complexity index is 783. The monoisotopic (exact) mass is 374 g/mol. The van der Waals surface area contributed by atoms with E-state index in [2.05, 4.69) is 5.32 Å². The Labute approximate surface area is 159 Å². The van der Waals surface area contributed by atoms with Gasteiger partial charge in [0.05, 0.1) is 0 Å². The average Bonchev–Trinajstić information content (AvgIpc) is 2.87. The molecule has 0 bridgehead atoms. The van der Waals surface area contributed by atoms with Crippen LogP contribution in [0.1, 0.15) is 55.1 Å². The third-order valence-electron chi connectivity index (χ3n) is 5.21. The number of benzene rings is 1. The van der Waals surface area contributed by atoms with Gasteiger partial charge in [0.15, 0.2) is 6.10 Å². The minimum atomic E-state index is -1.01. The molecule has 27 heavy (non-hydrogen) atoms. The van der Waals surface area contributed by atoms with Gasteiger partial charge in [0, 0.05) is 5.56 Å². The van der Waals surface area contributed by atoms with E-state index in [0.717, 1.165) is 16.0 Å². The second kappa shape index (κ2) is 7.90. The van der Waals surface area contributed by atoms with Gasteiger partial charge < -0.3 is 10.1 Å². The lowest BCUT2D eigenvalue weighted by Gasteiger charge is -2.23. The zero-order chi connectivity index (χ0) is 20.4. The third kappa shape index (κ3) is 4.02. The summed E-state index contributed by atoms with van der Waals surface area (Å²) in [7, 11) is 0. The predicted molar refractivity (Wildman–Crippen MR) is 99.4 cm³/mol. The topological polar surface area (TPSA) is 92.8 Å². The molecule has 7 nitrogen and oxygen atoms in total. The van der Waals surface area contributed by atoms with E-state index in [1.165, 1.54) is 6.92 Å². The molecule has 1 unspecified atom stereocenters. The van der Waals surface area contributed by atoms with Gasteiger partial charge in [-0.15, -0.1) is 0 Å². The number of carbonyl (C=O) groups excluding carboxylic acids is 4. The molecule has 0 spiro atoms. The van der Waals surface area contributed by atoms with Crippen LogP contribution in [0.5, 0.6) is 0 Å². The number of carbonyl (C=O) groups is 4. The van der Waals surface area contributed by atoms with Crippen LogP contribution in [-0.2, 0) is 14.3 Å². The molecule has 1 heterocycles. The quantitative estimate of drug-likeness (QED) is 0.450. The summed E-state index contributed by atoms with van der Waals surface area (Å²) in [6, 6.07) is 4.65. The smallest absolute Gasteiger partial charge is 0.326 e. The molecule has 7 heteroatoms. The number of esters is 1. The number of imide groups is 1. The van der Waals surface area contributed by atoms with Crippen molar-refractivity contribution >= 4 is 23.7 Å². The number of Topliss-reactive ketones (excluding diaryl/α,β-unsaturated/α-hetero) is 1. The molecular formula is C20H26N2O5. The van der Waals surface area contributed by atoms with Crippen LogP contribution in [0, 0.1) is 13.8 Å². The van der Waals surface area contributed by atoms with Crippen LogP contribution in [-0.4, -0.2) is 46.8 Å². The second-order valence-electron chi connectivity index (χ2n) is 6.91. The number of amides is 3. The molecule has 0 radical (unpaired) electrons. The fourth-order valence-corrected chi connectivity index (χ4v) is 3.10. The van der Waals surface area contributed by atoms with Gasteiger partial charge in [-0.2, -0.15) is 0 Å². The van der Waals surface area contributed by atoms with Crippen molar-refractivity contribution in [2.45, 2.75) is 59.1 Å². The van der Waals surface area contributed by atoms with Crippen molar-refractivity contribution in [1.29, 1.82) is 0 Å². The van der Waals surface area contributed by atoms with Crippen molar-refractivity contribution < 1.29 is 23.9 Å². The molecule has 2 rings (SSSR count). The lowest BCUT2D eigenvalue weighted by molar-refractivity contribution is -0.150. The van der Waals surface area contributed by atoms with Crippen molar-refractivity contribution in [2.75, 3.05) is 6.54 Å². The van der Waals surface area contributed by atoms with Crippen molar-refractivity contribution in [3.63, 3.8) is 0 Å². The first-order valence-corrected chi connectivity index (χ1v) is 9.10. The number of hydrogen-bond acceptors (Lipinski definition) is 5. The molecule has 1 fully saturated rings. The van der Waals surface area contributed by atoms with Gasteiger partial charge >= 0.3 is 12.0 Å². The standard InChI is InChI=1S/C20H26N2O5/c1-6-20(7-2)18(25)22(19(26)21-20)11-16(23)27-14(5)17(24)15-9-8-12(3)13(4)10-15/h8-10,14H,6-7,11H2,1-5H3,(H,21,26). The van der Waals surface area contributed by atoms with Gasteiger partial charge in [0.25, 0.3) is 5.91 Å². The minimum Gasteiger partial charge on any atom is -0.453 e. The zero-order valence-corrected chi connectivity index (χ0v) is 16.4. The molecular weight excluding hydrogens is 348 g/mol. The maximum atomic E-state index is 12.5. The van der Waals surface area contributed by atoms with Gasteiger partial charge in [-0.3, -0.25) is 19.3 Å². The molecule has 146 valence electrons. The summed E-state index contributed by atoms with van der Waals surface area (Å²) in [6.45, 7) is 8.40. The SMILES string of the molecule is CCC1(CC)NC(=O)N(CC(=O)OC(C)C(=O)c2ccc(C)c(C)c2)C1=O. The molecule has 1 aliphatic heterocycles. The van der Waals surface area contributed by atoms with E-state index in [9.17, 15) is 19.2 Å². The predicted octanol–water partition coefficient (Wildman–Crippen LogP) is 2.53. The Kier molecular flexibility index (Phi) is 6.03. The van der Waals surface area contributed by atoms with Gasteiger partial charge in [0.2, 0.25) is 5.78 Å². The summed E-state index contributed by atoms with van der Waals surface area (Å²) in [5, 5.41) is 2.65. The Morgan fingerprint density at radius 3 is 2.30 bits per heavy atom. The molecule has 1 saturated heterocycles. The van der Waals surface area contributed by atoms with Gasteiger partial charge in [-0.1, -0.05) is 26.0 Å². The Morgan fingerprint density at radius 2 is 1.78 bits per heavy atom. The molecule has 1 atom stereocenters. The normalized spacial score (nSPS) is 16.9. The number of nitrogens with one attached hydrogen (secondary N) is 1. The maximum absolute atomic E-state index is 12.5. The molecule has 0 saturated carbocycles. The highest BCUT2D eigenvalue weighted by Gasteiger charge is 2.49. The summed E-state index contributed by atoms with van der Waals surface area (Å²) >= 11 is 0. The van der Waals surface area contributed by atoms with E-state index in [1.54, 1.807) is 26.0 Å². The number of ketones is 1. The summed E-state index contributed by atoms with van der Waals surface area (Å²) in [4.78, 5) is 50.1. The van der Waals surface area contributed by atoms with E-state index in [4.69, 9.17) is 4.74 Å². The largest absolute Gasteiger partial charge is 0.453 e. The number of nitrogens with zero attached hydrogens (tertiary/aromatic N) is 1. The van der Waals surface area contributed by atoms with E-state index in [-0.39, 0.29) is 5.78 Å². The summed E-state index contributed by atoms with van der Waals surface area (Å²) in [5.74, 6) is -1.58. The summed E-state index contributed by atoms with van der Waals surface area (Å²) in [5.41, 5.74) is 1.50. The highest BCUT2D eigenvalue weighted by atomic mass is 16.5. The van der Waals surface area contributed by atoms with E-state index < -0.39 is 36.1 Å². The van der Waals surface area contributed by atoms with E-state index in [0.29, 0.717) is 18.4 Å². The van der Waals surface area contributed by atoms with Crippen LogP contribution in [0.15, 0.2) is 18.2 Å². The third-order valence-corrected chi connectivity index (χ3v) is 5.21. The van der Waals surface area contributed by atoms with Gasteiger partial charge in [0.1, 0.15) is 12.1 Å². The van der Waals surface area contributed by atoms with Crippen LogP contribution in [0.25, 0.3) is 0 Å². The lowest BCUT2D eigenvalue weighted by Crippen LogP contribution is -2.46. The van der Waals surface area contributed by atoms with Crippen LogP contribution in [0.3, 0.4) is 0 Å². The molecule has 1 aromatic rings. The van der Waals surface area contributed by atoms with Crippen LogP contribution < -0.4 is 5.32 Å². The van der Waals surface area contributed by atoms with E-state index in [1.807, 2.05) is 19.9 Å². The van der Waals surface area contributed by atoms with Crippen molar-refractivity contribution in [3.05, 3.63) is 34.9 Å². The Hall–Kier alpha value is -2.70. The van der Waals surface area contributed by atoms with Crippen molar-refractivity contribution in [3.8, 4) is 0 Å². The first kappa shape index (κ1) is 20.6. The zero-order valence-electron chi connectivity index (χ0n) is 16.4. The van der Waals surface area contributed by atoms with Crippen LogP contribution >= 0.6 is 0 Å². The highest BCUT2D eigenvalue weighted by molar-refractivity contribution is 6.08. The average molecular weight is 374 g/mol. The van der Waals surface area contributed by atoms with Gasteiger partial charge in [-0.05, 0) is 50.8 Å². The Balaban J connectivity index is 2.02. The molecule has 1 aliphatic rings. The fraction of sp³-hybridized carbons (Fsp3) is 0.500. The maximum Gasteiger partial charge on any atom is 0.326 e. The minimum absolute atomic E-state index is 0.333. The molecule has 1 N–H and O–H groups in total. The molecule has 0 aliphatic carbocycles. The summed E-state index contributed by atoms with van der Waals surface area (Å²) in [6.07, 6.45) is -0.148. The number of urea groups is 1.